The van der Waals surface area contributed by atoms with Crippen molar-refractivity contribution in [2.24, 2.45) is 5.92 Å². The second kappa shape index (κ2) is 7.10. The van der Waals surface area contributed by atoms with Crippen LogP contribution in [0.1, 0.15) is 38.5 Å². The van der Waals surface area contributed by atoms with Crippen LogP contribution in [0.5, 0.6) is 0 Å². The van der Waals surface area contributed by atoms with Crippen LogP contribution >= 0.6 is 0 Å². The Morgan fingerprint density at radius 1 is 1.33 bits per heavy atom. The van der Waals surface area contributed by atoms with Crippen molar-refractivity contribution < 1.29 is 4.79 Å². The van der Waals surface area contributed by atoms with Gasteiger partial charge in [-0.3, -0.25) is 4.79 Å². The summed E-state index contributed by atoms with van der Waals surface area (Å²) in [4.78, 5) is 14.2. The van der Waals surface area contributed by atoms with Crippen molar-refractivity contribution in [3.63, 3.8) is 0 Å². The number of hydrogen-bond donors (Lipinski definition) is 2. The molecule has 2 fully saturated rings. The van der Waals surface area contributed by atoms with E-state index in [1.54, 1.807) is 0 Å². The highest BCUT2D eigenvalue weighted by Gasteiger charge is 2.20. The number of rotatable bonds is 4. The highest BCUT2D eigenvalue weighted by atomic mass is 16.1. The van der Waals surface area contributed by atoms with Gasteiger partial charge in [0.1, 0.15) is 0 Å². The molecule has 2 N–H and O–H groups in total. The van der Waals surface area contributed by atoms with Crippen LogP contribution in [0, 0.1) is 5.92 Å². The molecule has 104 valence electrons. The third kappa shape index (κ3) is 4.58. The van der Waals surface area contributed by atoms with Crippen LogP contribution in [0.2, 0.25) is 0 Å². The van der Waals surface area contributed by atoms with Crippen LogP contribution in [0.3, 0.4) is 0 Å². The fourth-order valence-electron chi connectivity index (χ4n) is 3.09. The number of likely N-dealkylation sites (tertiary alicyclic amines) is 1. The number of nitrogens with zero attached hydrogens (tertiary/aromatic N) is 1. The SMILES string of the molecule is CN1CCCC(NC(=O)CCC2CCNCC2)C1. The standard InChI is InChI=1S/C14H27N3O/c1-17-10-2-3-13(11-17)16-14(18)5-4-12-6-8-15-9-7-12/h12-13,15H,2-11H2,1H3,(H,16,18). The number of piperidine rings is 2. The normalized spacial score (nSPS) is 27.1. The number of nitrogens with one attached hydrogen (secondary N) is 2. The molecule has 4 nitrogen and oxygen atoms in total. The third-order valence-corrected chi connectivity index (χ3v) is 4.23. The van der Waals surface area contributed by atoms with Crippen LogP contribution in [-0.2, 0) is 4.79 Å². The highest BCUT2D eigenvalue weighted by Crippen LogP contribution is 2.17. The molecule has 0 bridgehead atoms. The Hall–Kier alpha value is -0.610. The monoisotopic (exact) mass is 253 g/mol. The second-order valence-corrected chi connectivity index (χ2v) is 5.90. The number of carbonyl (C=O) groups is 1. The van der Waals surface area contributed by atoms with Crippen molar-refractivity contribution in [1.82, 2.24) is 15.5 Å². The van der Waals surface area contributed by atoms with Crippen LogP contribution in [-0.4, -0.2) is 50.1 Å². The molecule has 2 heterocycles. The molecule has 2 saturated heterocycles. The number of carbonyl (C=O) groups excluding carboxylic acids is 1. The van der Waals surface area contributed by atoms with E-state index < -0.39 is 0 Å². The van der Waals surface area contributed by atoms with Gasteiger partial charge in [-0.1, -0.05) is 0 Å². The summed E-state index contributed by atoms with van der Waals surface area (Å²) in [5.41, 5.74) is 0. The molecule has 0 spiro atoms. The summed E-state index contributed by atoms with van der Waals surface area (Å²) in [6.07, 6.45) is 6.60. The molecule has 0 aromatic carbocycles. The van der Waals surface area contributed by atoms with Gasteiger partial charge in [0.2, 0.25) is 5.91 Å². The lowest BCUT2D eigenvalue weighted by Gasteiger charge is -2.30. The first-order valence-electron chi connectivity index (χ1n) is 7.42. The quantitative estimate of drug-likeness (QED) is 0.785. The Labute approximate surface area is 110 Å². The Kier molecular flexibility index (Phi) is 5.45. The van der Waals surface area contributed by atoms with Crippen LogP contribution in [0.25, 0.3) is 0 Å². The molecule has 0 aromatic rings. The van der Waals surface area contributed by atoms with E-state index in [0.29, 0.717) is 12.5 Å². The highest BCUT2D eigenvalue weighted by molar-refractivity contribution is 5.76. The van der Waals surface area contributed by atoms with Crippen molar-refractivity contribution in [1.29, 1.82) is 0 Å². The maximum atomic E-state index is 11.9. The van der Waals surface area contributed by atoms with Gasteiger partial charge in [-0.15, -0.1) is 0 Å². The molecule has 1 unspecified atom stereocenters. The summed E-state index contributed by atoms with van der Waals surface area (Å²) in [6, 6.07) is 0.379. The van der Waals surface area contributed by atoms with Gasteiger partial charge in [0.05, 0.1) is 0 Å². The van der Waals surface area contributed by atoms with Crippen LogP contribution in [0.15, 0.2) is 0 Å². The Balaban J connectivity index is 1.62. The molecule has 0 saturated carbocycles. The average molecular weight is 253 g/mol. The average Bonchev–Trinajstić information content (AvgIpc) is 2.38. The Morgan fingerprint density at radius 2 is 2.11 bits per heavy atom. The number of likely N-dealkylation sites (N-methyl/N-ethyl adjacent to an activating group) is 1. The zero-order valence-corrected chi connectivity index (χ0v) is 11.6. The molecule has 2 rings (SSSR count). The Bertz CT molecular complexity index is 264. The minimum Gasteiger partial charge on any atom is -0.352 e. The van der Waals surface area contributed by atoms with E-state index in [2.05, 4.69) is 22.6 Å². The van der Waals surface area contributed by atoms with Crippen LogP contribution in [0.4, 0.5) is 0 Å². The lowest BCUT2D eigenvalue weighted by atomic mass is 9.93. The van der Waals surface area contributed by atoms with Crippen molar-refractivity contribution >= 4 is 5.91 Å². The molecular formula is C14H27N3O. The van der Waals surface area contributed by atoms with Gasteiger partial charge in [-0.05, 0) is 64.7 Å². The lowest BCUT2D eigenvalue weighted by molar-refractivity contribution is -0.122. The second-order valence-electron chi connectivity index (χ2n) is 5.90. The van der Waals surface area contributed by atoms with Crippen molar-refractivity contribution in [3.8, 4) is 0 Å². The molecule has 1 atom stereocenters. The molecule has 2 aliphatic heterocycles. The largest absolute Gasteiger partial charge is 0.352 e. The molecule has 0 aromatic heterocycles. The van der Waals surface area contributed by atoms with Crippen molar-refractivity contribution in [2.45, 2.75) is 44.6 Å². The molecule has 0 radical (unpaired) electrons. The molecular weight excluding hydrogens is 226 g/mol. The predicted octanol–water partition coefficient (Wildman–Crippen LogP) is 0.977. The zero-order valence-electron chi connectivity index (χ0n) is 11.6. The smallest absolute Gasteiger partial charge is 0.220 e. The van der Waals surface area contributed by atoms with Gasteiger partial charge in [0, 0.05) is 19.0 Å². The number of amides is 1. The van der Waals surface area contributed by atoms with Gasteiger partial charge in [0.25, 0.3) is 0 Å². The van der Waals surface area contributed by atoms with Crippen molar-refractivity contribution in [2.75, 3.05) is 33.2 Å². The van der Waals surface area contributed by atoms with E-state index in [9.17, 15) is 4.79 Å². The summed E-state index contributed by atoms with van der Waals surface area (Å²) >= 11 is 0. The topological polar surface area (TPSA) is 44.4 Å². The van der Waals surface area contributed by atoms with E-state index in [-0.39, 0.29) is 5.91 Å². The summed E-state index contributed by atoms with van der Waals surface area (Å²) < 4.78 is 0. The first-order valence-corrected chi connectivity index (χ1v) is 7.42. The fourth-order valence-corrected chi connectivity index (χ4v) is 3.09. The summed E-state index contributed by atoms with van der Waals surface area (Å²) in [6.45, 7) is 4.43. The molecule has 18 heavy (non-hydrogen) atoms. The number of hydrogen-bond acceptors (Lipinski definition) is 3. The molecule has 1 amide bonds. The van der Waals surface area contributed by atoms with Crippen molar-refractivity contribution in [3.05, 3.63) is 0 Å². The Morgan fingerprint density at radius 3 is 2.83 bits per heavy atom. The first kappa shape index (κ1) is 13.8. The predicted molar refractivity (Wildman–Crippen MR) is 73.5 cm³/mol. The van der Waals surface area contributed by atoms with Gasteiger partial charge >= 0.3 is 0 Å². The van der Waals surface area contributed by atoms with Crippen LogP contribution < -0.4 is 10.6 Å². The third-order valence-electron chi connectivity index (χ3n) is 4.23. The summed E-state index contributed by atoms with van der Waals surface area (Å²) in [7, 11) is 2.13. The minimum atomic E-state index is 0.258. The van der Waals surface area contributed by atoms with E-state index in [1.807, 2.05) is 0 Å². The van der Waals surface area contributed by atoms with Gasteiger partial charge in [0.15, 0.2) is 0 Å². The van der Waals surface area contributed by atoms with E-state index in [0.717, 1.165) is 38.4 Å². The van der Waals surface area contributed by atoms with E-state index >= 15 is 0 Å². The minimum absolute atomic E-state index is 0.258. The summed E-state index contributed by atoms with van der Waals surface area (Å²) in [5, 5.41) is 6.56. The lowest BCUT2D eigenvalue weighted by Crippen LogP contribution is -2.46. The zero-order chi connectivity index (χ0) is 12.8. The van der Waals surface area contributed by atoms with Gasteiger partial charge in [-0.2, -0.15) is 0 Å². The summed E-state index contributed by atoms with van der Waals surface area (Å²) in [5.74, 6) is 1.01. The fraction of sp³-hybridized carbons (Fsp3) is 0.929. The molecule has 2 aliphatic rings. The maximum Gasteiger partial charge on any atom is 0.220 e. The molecule has 4 heteroatoms. The van der Waals surface area contributed by atoms with E-state index in [4.69, 9.17) is 0 Å². The maximum absolute atomic E-state index is 11.9. The van der Waals surface area contributed by atoms with Gasteiger partial charge in [-0.25, -0.2) is 0 Å². The van der Waals surface area contributed by atoms with E-state index in [1.165, 1.54) is 25.8 Å². The first-order chi connectivity index (χ1) is 8.74. The van der Waals surface area contributed by atoms with Gasteiger partial charge < -0.3 is 15.5 Å². The molecule has 0 aliphatic carbocycles.